The van der Waals surface area contributed by atoms with Gasteiger partial charge >= 0.3 is 0 Å². The highest BCUT2D eigenvalue weighted by molar-refractivity contribution is 5.99. The molecule has 0 aromatic heterocycles. The molecule has 0 heterocycles. The average molecular weight is 247 g/mol. The van der Waals surface area contributed by atoms with E-state index in [9.17, 15) is 4.79 Å². The van der Waals surface area contributed by atoms with Gasteiger partial charge in [-0.3, -0.25) is 4.79 Å². The second-order valence-electron chi connectivity index (χ2n) is 4.01. The lowest BCUT2D eigenvalue weighted by Gasteiger charge is -2.09. The van der Waals surface area contributed by atoms with Crippen LogP contribution in [0.25, 0.3) is 0 Å². The molecule has 0 spiro atoms. The van der Waals surface area contributed by atoms with Crippen molar-refractivity contribution < 1.29 is 9.53 Å². The molecular formula is C15H21NO2. The van der Waals surface area contributed by atoms with Crippen molar-refractivity contribution in [1.29, 1.82) is 0 Å². The third kappa shape index (κ3) is 5.04. The number of ether oxygens (including phenoxy) is 1. The molecule has 3 heteroatoms. The van der Waals surface area contributed by atoms with Crippen LogP contribution >= 0.6 is 0 Å². The summed E-state index contributed by atoms with van der Waals surface area (Å²) in [6.45, 7) is 4.60. The third-order valence-electron chi connectivity index (χ3n) is 2.56. The fourth-order valence-electron chi connectivity index (χ4n) is 1.61. The number of para-hydroxylation sites is 1. The molecule has 0 saturated carbocycles. The predicted octanol–water partition coefficient (Wildman–Crippen LogP) is 3.52. The molecular weight excluding hydrogens is 226 g/mol. The van der Waals surface area contributed by atoms with E-state index in [0.717, 1.165) is 24.9 Å². The number of carbonyl (C=O) groups is 1. The monoisotopic (exact) mass is 247 g/mol. The molecule has 0 radical (unpaired) electrons. The first-order valence-electron chi connectivity index (χ1n) is 6.45. The third-order valence-corrected chi connectivity index (χ3v) is 2.56. The Morgan fingerprint density at radius 1 is 1.33 bits per heavy atom. The van der Waals surface area contributed by atoms with Crippen LogP contribution < -0.4 is 5.32 Å². The highest BCUT2D eigenvalue weighted by Gasteiger charge is 2.03. The summed E-state index contributed by atoms with van der Waals surface area (Å²) in [5.41, 5.74) is 2.06. The van der Waals surface area contributed by atoms with Crippen molar-refractivity contribution in [3.05, 3.63) is 42.2 Å². The van der Waals surface area contributed by atoms with Crippen molar-refractivity contribution >= 4 is 11.6 Å². The summed E-state index contributed by atoms with van der Waals surface area (Å²) in [5.74, 6) is -0.160. The van der Waals surface area contributed by atoms with Crippen LogP contribution in [0.1, 0.15) is 32.3 Å². The van der Waals surface area contributed by atoms with Gasteiger partial charge in [0.25, 0.3) is 5.91 Å². The van der Waals surface area contributed by atoms with E-state index >= 15 is 0 Å². The van der Waals surface area contributed by atoms with Gasteiger partial charge < -0.3 is 10.1 Å². The Hall–Kier alpha value is -1.77. The number of hydrogen-bond donors (Lipinski definition) is 1. The highest BCUT2D eigenvalue weighted by atomic mass is 16.5. The lowest BCUT2D eigenvalue weighted by molar-refractivity contribution is -0.112. The fraction of sp³-hybridized carbons (Fsp3) is 0.400. The van der Waals surface area contributed by atoms with Crippen molar-refractivity contribution in [2.45, 2.75) is 33.1 Å². The lowest BCUT2D eigenvalue weighted by atomic mass is 10.1. The summed E-state index contributed by atoms with van der Waals surface area (Å²) in [6.07, 6.45) is 6.08. The normalized spacial score (nSPS) is 10.6. The van der Waals surface area contributed by atoms with E-state index in [4.69, 9.17) is 4.74 Å². The SMILES string of the molecule is CCCCc1ccccc1NC(=O)/C=C/OCC. The van der Waals surface area contributed by atoms with Gasteiger partial charge in [0, 0.05) is 11.8 Å². The summed E-state index contributed by atoms with van der Waals surface area (Å²) in [7, 11) is 0. The van der Waals surface area contributed by atoms with Crippen LogP contribution in [0.4, 0.5) is 5.69 Å². The Kier molecular flexibility index (Phi) is 6.62. The van der Waals surface area contributed by atoms with Gasteiger partial charge in [-0.2, -0.15) is 0 Å². The number of benzene rings is 1. The number of hydrogen-bond acceptors (Lipinski definition) is 2. The molecule has 0 aliphatic carbocycles. The minimum atomic E-state index is -0.160. The molecule has 0 aliphatic rings. The Balaban J connectivity index is 2.62. The standard InChI is InChI=1S/C15H21NO2/c1-3-5-8-13-9-6-7-10-14(13)16-15(17)11-12-18-4-2/h6-7,9-12H,3-5,8H2,1-2H3,(H,16,17)/b12-11+. The molecule has 1 amide bonds. The molecule has 3 nitrogen and oxygen atoms in total. The van der Waals surface area contributed by atoms with E-state index in [1.54, 1.807) is 0 Å². The summed E-state index contributed by atoms with van der Waals surface area (Å²) in [5, 5.41) is 2.87. The second kappa shape index (κ2) is 8.34. The molecule has 1 aromatic rings. The maximum atomic E-state index is 11.6. The number of amides is 1. The van der Waals surface area contributed by atoms with E-state index in [-0.39, 0.29) is 5.91 Å². The average Bonchev–Trinajstić information content (AvgIpc) is 2.38. The molecule has 1 aromatic carbocycles. The lowest BCUT2D eigenvalue weighted by Crippen LogP contribution is -2.10. The van der Waals surface area contributed by atoms with Crippen LogP contribution in [0.3, 0.4) is 0 Å². The van der Waals surface area contributed by atoms with E-state index in [1.165, 1.54) is 17.9 Å². The molecule has 1 N–H and O–H groups in total. The Bertz CT molecular complexity index is 399. The molecule has 0 unspecified atom stereocenters. The van der Waals surface area contributed by atoms with Gasteiger partial charge in [-0.15, -0.1) is 0 Å². The van der Waals surface area contributed by atoms with Crippen LogP contribution in [0.15, 0.2) is 36.6 Å². The first-order valence-corrected chi connectivity index (χ1v) is 6.45. The van der Waals surface area contributed by atoms with Crippen molar-refractivity contribution in [3.8, 4) is 0 Å². The Morgan fingerprint density at radius 2 is 2.11 bits per heavy atom. The van der Waals surface area contributed by atoms with Crippen molar-refractivity contribution in [1.82, 2.24) is 0 Å². The van der Waals surface area contributed by atoms with Crippen LogP contribution in [0.5, 0.6) is 0 Å². The predicted molar refractivity (Wildman–Crippen MR) is 74.4 cm³/mol. The summed E-state index contributed by atoms with van der Waals surface area (Å²) in [4.78, 5) is 11.6. The maximum Gasteiger partial charge on any atom is 0.251 e. The minimum absolute atomic E-state index is 0.160. The summed E-state index contributed by atoms with van der Waals surface area (Å²) in [6, 6.07) is 7.91. The molecule has 0 saturated heterocycles. The van der Waals surface area contributed by atoms with Gasteiger partial charge in [0.2, 0.25) is 0 Å². The van der Waals surface area contributed by atoms with Gasteiger partial charge in [0.1, 0.15) is 0 Å². The van der Waals surface area contributed by atoms with Gasteiger partial charge in [-0.05, 0) is 31.4 Å². The zero-order valence-corrected chi connectivity index (χ0v) is 11.1. The van der Waals surface area contributed by atoms with Gasteiger partial charge in [-0.25, -0.2) is 0 Å². The van der Waals surface area contributed by atoms with E-state index in [2.05, 4.69) is 18.3 Å². The van der Waals surface area contributed by atoms with Gasteiger partial charge in [-0.1, -0.05) is 31.5 Å². The zero-order chi connectivity index (χ0) is 13.2. The summed E-state index contributed by atoms with van der Waals surface area (Å²) < 4.78 is 5.00. The molecule has 0 atom stereocenters. The maximum absolute atomic E-state index is 11.6. The van der Waals surface area contributed by atoms with Crippen LogP contribution in [-0.4, -0.2) is 12.5 Å². The number of rotatable bonds is 7. The topological polar surface area (TPSA) is 38.3 Å². The number of unbranched alkanes of at least 4 members (excludes halogenated alkanes) is 1. The van der Waals surface area contributed by atoms with E-state index in [1.807, 2.05) is 25.1 Å². The molecule has 98 valence electrons. The highest BCUT2D eigenvalue weighted by Crippen LogP contribution is 2.17. The minimum Gasteiger partial charge on any atom is -0.501 e. The van der Waals surface area contributed by atoms with Crippen LogP contribution in [0.2, 0.25) is 0 Å². The first kappa shape index (κ1) is 14.3. The smallest absolute Gasteiger partial charge is 0.251 e. The van der Waals surface area contributed by atoms with Crippen molar-refractivity contribution in [2.24, 2.45) is 0 Å². The Morgan fingerprint density at radius 3 is 2.83 bits per heavy atom. The van der Waals surface area contributed by atoms with Crippen molar-refractivity contribution in [2.75, 3.05) is 11.9 Å². The van der Waals surface area contributed by atoms with E-state index in [0.29, 0.717) is 6.61 Å². The zero-order valence-electron chi connectivity index (χ0n) is 11.1. The van der Waals surface area contributed by atoms with Crippen LogP contribution in [-0.2, 0) is 16.0 Å². The molecule has 18 heavy (non-hydrogen) atoms. The van der Waals surface area contributed by atoms with E-state index < -0.39 is 0 Å². The quantitative estimate of drug-likeness (QED) is 0.591. The Labute approximate surface area is 109 Å². The molecule has 0 aliphatic heterocycles. The molecule has 0 bridgehead atoms. The number of carbonyl (C=O) groups excluding carboxylic acids is 1. The number of nitrogens with one attached hydrogen (secondary N) is 1. The second-order valence-corrected chi connectivity index (χ2v) is 4.01. The number of anilines is 1. The first-order chi connectivity index (χ1) is 8.77. The van der Waals surface area contributed by atoms with Gasteiger partial charge in [0.05, 0.1) is 12.9 Å². The van der Waals surface area contributed by atoms with Crippen LogP contribution in [0, 0.1) is 0 Å². The van der Waals surface area contributed by atoms with Crippen molar-refractivity contribution in [3.63, 3.8) is 0 Å². The van der Waals surface area contributed by atoms with Gasteiger partial charge in [0.15, 0.2) is 0 Å². The molecule has 1 rings (SSSR count). The largest absolute Gasteiger partial charge is 0.501 e. The number of aryl methyl sites for hydroxylation is 1. The summed E-state index contributed by atoms with van der Waals surface area (Å²) >= 11 is 0. The fourth-order valence-corrected chi connectivity index (χ4v) is 1.61. The molecule has 0 fully saturated rings.